The molecule has 4 nitrogen and oxygen atoms in total. The zero-order chi connectivity index (χ0) is 14.5. The molecule has 2 aromatic carbocycles. The molecule has 0 saturated carbocycles. The Morgan fingerprint density at radius 1 is 0.650 bits per heavy atom. The van der Waals surface area contributed by atoms with E-state index < -0.39 is 12.6 Å². The van der Waals surface area contributed by atoms with Crippen LogP contribution >= 0.6 is 0 Å². The minimum atomic E-state index is -0.822. The maximum Gasteiger partial charge on any atom is 0.194 e. The summed E-state index contributed by atoms with van der Waals surface area (Å²) in [6, 6.07) is 14.9. The predicted octanol–water partition coefficient (Wildman–Crippen LogP) is 2.79. The van der Waals surface area contributed by atoms with E-state index in [0.717, 1.165) is 11.1 Å². The number of hydrogen-bond donors (Lipinski definition) is 2. The molecule has 0 spiro atoms. The second kappa shape index (κ2) is 6.41. The fraction of sp³-hybridized carbons (Fsp3) is 0.250. The molecule has 2 N–H and O–H groups in total. The van der Waals surface area contributed by atoms with Gasteiger partial charge in [-0.1, -0.05) is 24.3 Å². The van der Waals surface area contributed by atoms with E-state index in [4.69, 9.17) is 19.7 Å². The first-order valence-corrected chi connectivity index (χ1v) is 6.44. The van der Waals surface area contributed by atoms with Crippen molar-refractivity contribution < 1.29 is 19.7 Å². The average molecular weight is 274 g/mol. The van der Waals surface area contributed by atoms with Crippen molar-refractivity contribution in [2.75, 3.05) is 0 Å². The van der Waals surface area contributed by atoms with Crippen LogP contribution in [0.3, 0.4) is 0 Å². The van der Waals surface area contributed by atoms with Gasteiger partial charge in [0, 0.05) is 0 Å². The highest BCUT2D eigenvalue weighted by Crippen LogP contribution is 2.25. The van der Waals surface area contributed by atoms with Gasteiger partial charge in [0.2, 0.25) is 0 Å². The zero-order valence-corrected chi connectivity index (χ0v) is 11.5. The highest BCUT2D eigenvalue weighted by molar-refractivity contribution is 5.64. The van der Waals surface area contributed by atoms with E-state index in [0.29, 0.717) is 11.5 Å². The summed E-state index contributed by atoms with van der Waals surface area (Å²) in [4.78, 5) is 0. The predicted molar refractivity (Wildman–Crippen MR) is 76.5 cm³/mol. The number of aliphatic hydroxyl groups excluding tert-OH is 2. The third kappa shape index (κ3) is 3.98. The van der Waals surface area contributed by atoms with Crippen LogP contribution in [0.2, 0.25) is 0 Å². The van der Waals surface area contributed by atoms with Crippen LogP contribution in [0, 0.1) is 0 Å². The Hall–Kier alpha value is -2.04. The highest BCUT2D eigenvalue weighted by atomic mass is 16.6. The molecule has 2 atom stereocenters. The van der Waals surface area contributed by atoms with Gasteiger partial charge in [-0.25, -0.2) is 0 Å². The summed E-state index contributed by atoms with van der Waals surface area (Å²) in [6.07, 6.45) is -1.64. The van der Waals surface area contributed by atoms with Gasteiger partial charge in [-0.15, -0.1) is 0 Å². The van der Waals surface area contributed by atoms with E-state index in [-0.39, 0.29) is 0 Å². The van der Waals surface area contributed by atoms with Gasteiger partial charge >= 0.3 is 0 Å². The average Bonchev–Trinajstić information content (AvgIpc) is 2.39. The molecule has 0 bridgehead atoms. The van der Waals surface area contributed by atoms with Crippen molar-refractivity contribution in [1.29, 1.82) is 0 Å². The SMILES string of the molecule is CC(O)Oc1ccc(-c2ccc(OC(C)O)cc2)cc1. The Morgan fingerprint density at radius 3 is 1.20 bits per heavy atom. The first kappa shape index (κ1) is 14.4. The second-order valence-corrected chi connectivity index (χ2v) is 4.48. The van der Waals surface area contributed by atoms with E-state index in [1.807, 2.05) is 48.5 Å². The lowest BCUT2D eigenvalue weighted by Gasteiger charge is -2.10. The fourth-order valence-electron chi connectivity index (χ4n) is 1.85. The Kier molecular flexibility index (Phi) is 4.61. The van der Waals surface area contributed by atoms with Crippen molar-refractivity contribution in [3.05, 3.63) is 48.5 Å². The van der Waals surface area contributed by atoms with Crippen LogP contribution in [0.25, 0.3) is 11.1 Å². The number of aliphatic hydroxyl groups is 2. The highest BCUT2D eigenvalue weighted by Gasteiger charge is 2.03. The smallest absolute Gasteiger partial charge is 0.194 e. The Bertz CT molecular complexity index is 478. The normalized spacial score (nSPS) is 13.6. The van der Waals surface area contributed by atoms with Crippen molar-refractivity contribution in [1.82, 2.24) is 0 Å². The second-order valence-electron chi connectivity index (χ2n) is 4.48. The molecule has 0 fully saturated rings. The molecule has 4 heteroatoms. The van der Waals surface area contributed by atoms with Crippen LogP contribution in [0.1, 0.15) is 13.8 Å². The van der Waals surface area contributed by atoms with Crippen LogP contribution in [0.4, 0.5) is 0 Å². The number of benzene rings is 2. The summed E-state index contributed by atoms with van der Waals surface area (Å²) in [5.41, 5.74) is 2.07. The largest absolute Gasteiger partial charge is 0.465 e. The molecule has 20 heavy (non-hydrogen) atoms. The topological polar surface area (TPSA) is 58.9 Å². The molecule has 0 aliphatic heterocycles. The third-order valence-corrected chi connectivity index (χ3v) is 2.66. The Morgan fingerprint density at radius 2 is 0.950 bits per heavy atom. The van der Waals surface area contributed by atoms with Gasteiger partial charge in [0.25, 0.3) is 0 Å². The number of rotatable bonds is 5. The van der Waals surface area contributed by atoms with Gasteiger partial charge < -0.3 is 19.7 Å². The van der Waals surface area contributed by atoms with Gasteiger partial charge in [0.1, 0.15) is 11.5 Å². The van der Waals surface area contributed by atoms with Crippen LogP contribution in [-0.2, 0) is 0 Å². The molecule has 0 radical (unpaired) electrons. The van der Waals surface area contributed by atoms with E-state index in [9.17, 15) is 0 Å². The van der Waals surface area contributed by atoms with Crippen molar-refractivity contribution in [2.45, 2.75) is 26.4 Å². The van der Waals surface area contributed by atoms with Crippen molar-refractivity contribution in [3.8, 4) is 22.6 Å². The Balaban J connectivity index is 2.11. The minimum Gasteiger partial charge on any atom is -0.465 e. The molecule has 0 saturated heterocycles. The molecule has 106 valence electrons. The first-order chi connectivity index (χ1) is 9.54. The third-order valence-electron chi connectivity index (χ3n) is 2.66. The maximum absolute atomic E-state index is 9.14. The molecule has 2 unspecified atom stereocenters. The van der Waals surface area contributed by atoms with Crippen molar-refractivity contribution >= 4 is 0 Å². The van der Waals surface area contributed by atoms with Crippen molar-refractivity contribution in [2.24, 2.45) is 0 Å². The van der Waals surface area contributed by atoms with E-state index in [1.165, 1.54) is 0 Å². The lowest BCUT2D eigenvalue weighted by molar-refractivity contribution is -0.000895. The lowest BCUT2D eigenvalue weighted by atomic mass is 10.1. The number of hydrogen-bond acceptors (Lipinski definition) is 4. The summed E-state index contributed by atoms with van der Waals surface area (Å²) in [5, 5.41) is 18.3. The molecule has 0 aliphatic rings. The molecular weight excluding hydrogens is 256 g/mol. The van der Waals surface area contributed by atoms with Crippen LogP contribution in [-0.4, -0.2) is 22.8 Å². The monoisotopic (exact) mass is 274 g/mol. The van der Waals surface area contributed by atoms with Crippen molar-refractivity contribution in [3.63, 3.8) is 0 Å². The van der Waals surface area contributed by atoms with Gasteiger partial charge in [0.05, 0.1) is 0 Å². The summed E-state index contributed by atoms with van der Waals surface area (Å²) in [5.74, 6) is 1.25. The van der Waals surface area contributed by atoms with Gasteiger partial charge in [0.15, 0.2) is 12.6 Å². The quantitative estimate of drug-likeness (QED) is 0.823. The maximum atomic E-state index is 9.14. The lowest BCUT2D eigenvalue weighted by Crippen LogP contribution is -2.09. The zero-order valence-electron chi connectivity index (χ0n) is 11.5. The first-order valence-electron chi connectivity index (χ1n) is 6.44. The van der Waals surface area contributed by atoms with Crippen LogP contribution < -0.4 is 9.47 Å². The summed E-state index contributed by atoms with van der Waals surface area (Å²) in [7, 11) is 0. The van der Waals surface area contributed by atoms with Crippen LogP contribution in [0.5, 0.6) is 11.5 Å². The van der Waals surface area contributed by atoms with E-state index >= 15 is 0 Å². The van der Waals surface area contributed by atoms with E-state index in [1.54, 1.807) is 13.8 Å². The molecule has 0 aliphatic carbocycles. The molecule has 0 amide bonds. The standard InChI is InChI=1S/C16H18O4/c1-11(17)19-15-7-3-13(4-8-15)14-5-9-16(10-6-14)20-12(2)18/h3-12,17-18H,1-2H3. The van der Waals surface area contributed by atoms with Gasteiger partial charge in [-0.05, 0) is 49.2 Å². The summed E-state index contributed by atoms with van der Waals surface area (Å²) >= 11 is 0. The number of ether oxygens (including phenoxy) is 2. The molecule has 2 aromatic rings. The van der Waals surface area contributed by atoms with Gasteiger partial charge in [-0.3, -0.25) is 0 Å². The van der Waals surface area contributed by atoms with Crippen LogP contribution in [0.15, 0.2) is 48.5 Å². The van der Waals surface area contributed by atoms with E-state index in [2.05, 4.69) is 0 Å². The minimum absolute atomic E-state index is 0.623. The fourth-order valence-corrected chi connectivity index (χ4v) is 1.85. The molecular formula is C16H18O4. The molecule has 0 heterocycles. The van der Waals surface area contributed by atoms with Gasteiger partial charge in [-0.2, -0.15) is 0 Å². The summed E-state index contributed by atoms with van der Waals surface area (Å²) < 4.78 is 10.4. The molecule has 2 rings (SSSR count). The summed E-state index contributed by atoms with van der Waals surface area (Å²) in [6.45, 7) is 3.13. The molecule has 0 aromatic heterocycles. The Labute approximate surface area is 118 Å².